The molecule has 0 amide bonds. The van der Waals surface area contributed by atoms with Gasteiger partial charge in [-0.05, 0) is 24.5 Å². The lowest BCUT2D eigenvalue weighted by Crippen LogP contribution is -2.40. The minimum Gasteiger partial charge on any atom is -0.395 e. The highest BCUT2D eigenvalue weighted by Gasteiger charge is 2.19. The molecule has 0 aliphatic rings. The van der Waals surface area contributed by atoms with Crippen LogP contribution in [0.2, 0.25) is 0 Å². The van der Waals surface area contributed by atoms with Crippen LogP contribution in [0.1, 0.15) is 18.1 Å². The Hall–Kier alpha value is -2.16. The van der Waals surface area contributed by atoms with Crippen LogP contribution < -0.4 is 0 Å². The summed E-state index contributed by atoms with van der Waals surface area (Å²) in [7, 11) is 0. The predicted molar refractivity (Wildman–Crippen MR) is 102 cm³/mol. The number of aliphatic hydroxyl groups excluding tert-OH is 1. The molecule has 0 aromatic heterocycles. The van der Waals surface area contributed by atoms with Crippen molar-refractivity contribution in [2.75, 3.05) is 13.2 Å². The van der Waals surface area contributed by atoms with Gasteiger partial charge in [-0.2, -0.15) is 0 Å². The van der Waals surface area contributed by atoms with E-state index >= 15 is 0 Å². The summed E-state index contributed by atoms with van der Waals surface area (Å²) in [6.45, 7) is 7.67. The van der Waals surface area contributed by atoms with E-state index in [1.54, 1.807) is 0 Å². The molecule has 0 heterocycles. The van der Waals surface area contributed by atoms with Gasteiger partial charge in [0.25, 0.3) is 0 Å². The fraction of sp³-hybridized carbons (Fsp3) is 0.273. The van der Waals surface area contributed by atoms with Crippen molar-refractivity contribution in [3.8, 4) is 0 Å². The van der Waals surface area contributed by atoms with Crippen LogP contribution in [0.3, 0.4) is 0 Å². The van der Waals surface area contributed by atoms with E-state index in [2.05, 4.69) is 54.8 Å². The van der Waals surface area contributed by atoms with Crippen LogP contribution in [0, 0.1) is 0 Å². The fourth-order valence-electron chi connectivity index (χ4n) is 2.90. The van der Waals surface area contributed by atoms with Gasteiger partial charge in [-0.1, -0.05) is 85.0 Å². The monoisotopic (exact) mass is 321 g/mol. The third-order valence-electron chi connectivity index (χ3n) is 4.12. The second kappa shape index (κ2) is 9.86. The van der Waals surface area contributed by atoms with Gasteiger partial charge in [-0.15, -0.1) is 0 Å². The van der Waals surface area contributed by atoms with Crippen LogP contribution in [-0.4, -0.2) is 29.2 Å². The SMILES string of the molecule is C=C/C=C(\C)CN(Cc1ccccc1)C(CO)Cc1ccccc1. The summed E-state index contributed by atoms with van der Waals surface area (Å²) in [4.78, 5) is 2.34. The van der Waals surface area contributed by atoms with Gasteiger partial charge in [0, 0.05) is 19.1 Å². The van der Waals surface area contributed by atoms with Gasteiger partial charge in [-0.3, -0.25) is 4.90 Å². The Kier molecular flexibility index (Phi) is 7.47. The van der Waals surface area contributed by atoms with Crippen molar-refractivity contribution >= 4 is 0 Å². The molecular weight excluding hydrogens is 294 g/mol. The predicted octanol–water partition coefficient (Wildman–Crippen LogP) is 4.22. The van der Waals surface area contributed by atoms with E-state index in [1.165, 1.54) is 16.7 Å². The zero-order valence-electron chi connectivity index (χ0n) is 14.4. The zero-order valence-corrected chi connectivity index (χ0v) is 14.4. The summed E-state index contributed by atoms with van der Waals surface area (Å²) < 4.78 is 0. The summed E-state index contributed by atoms with van der Waals surface area (Å²) in [5.74, 6) is 0. The average Bonchev–Trinajstić information content (AvgIpc) is 2.61. The van der Waals surface area contributed by atoms with Crippen molar-refractivity contribution in [1.29, 1.82) is 0 Å². The van der Waals surface area contributed by atoms with Crippen molar-refractivity contribution in [3.05, 3.63) is 96.1 Å². The minimum atomic E-state index is 0.0840. The maximum absolute atomic E-state index is 10.00. The number of hydrogen-bond donors (Lipinski definition) is 1. The van der Waals surface area contributed by atoms with Crippen molar-refractivity contribution in [2.24, 2.45) is 0 Å². The van der Waals surface area contributed by atoms with E-state index in [-0.39, 0.29) is 12.6 Å². The van der Waals surface area contributed by atoms with E-state index in [0.29, 0.717) is 0 Å². The Morgan fingerprint density at radius 2 is 1.62 bits per heavy atom. The van der Waals surface area contributed by atoms with Gasteiger partial charge < -0.3 is 5.11 Å². The first-order chi connectivity index (χ1) is 11.7. The second-order valence-electron chi connectivity index (χ2n) is 6.17. The molecule has 126 valence electrons. The fourth-order valence-corrected chi connectivity index (χ4v) is 2.90. The molecule has 2 heteroatoms. The van der Waals surface area contributed by atoms with Crippen LogP contribution >= 0.6 is 0 Å². The Labute approximate surface area is 145 Å². The van der Waals surface area contributed by atoms with Crippen molar-refractivity contribution in [3.63, 3.8) is 0 Å². The van der Waals surface area contributed by atoms with Crippen molar-refractivity contribution in [1.82, 2.24) is 4.90 Å². The Morgan fingerprint density at radius 3 is 2.17 bits per heavy atom. The molecule has 0 fully saturated rings. The molecule has 2 aromatic carbocycles. The van der Waals surface area contributed by atoms with Gasteiger partial charge in [0.1, 0.15) is 0 Å². The Balaban J connectivity index is 2.17. The highest BCUT2D eigenvalue weighted by atomic mass is 16.3. The largest absolute Gasteiger partial charge is 0.395 e. The first kappa shape index (κ1) is 18.2. The standard InChI is InChI=1S/C22H27NO/c1-3-10-19(2)16-23(17-21-13-8-5-9-14-21)22(18-24)15-20-11-6-4-7-12-20/h3-14,22,24H,1,15-18H2,2H3/b19-10+. The lowest BCUT2D eigenvalue weighted by Gasteiger charge is -2.31. The molecule has 1 N–H and O–H groups in total. The number of rotatable bonds is 9. The van der Waals surface area contributed by atoms with Crippen molar-refractivity contribution in [2.45, 2.75) is 25.9 Å². The maximum Gasteiger partial charge on any atom is 0.0590 e. The van der Waals surface area contributed by atoms with Gasteiger partial charge in [0.2, 0.25) is 0 Å². The summed E-state index contributed by atoms with van der Waals surface area (Å²) >= 11 is 0. The molecule has 1 unspecified atom stereocenters. The summed E-state index contributed by atoms with van der Waals surface area (Å²) in [5.41, 5.74) is 3.75. The van der Waals surface area contributed by atoms with E-state index in [9.17, 15) is 5.11 Å². The van der Waals surface area contributed by atoms with E-state index in [4.69, 9.17) is 0 Å². The highest BCUT2D eigenvalue weighted by Crippen LogP contribution is 2.15. The molecule has 0 aliphatic carbocycles. The molecule has 0 bridgehead atoms. The molecule has 1 atom stereocenters. The van der Waals surface area contributed by atoms with Gasteiger partial charge in [0.15, 0.2) is 0 Å². The van der Waals surface area contributed by atoms with Crippen LogP contribution in [0.4, 0.5) is 0 Å². The van der Waals surface area contributed by atoms with Gasteiger partial charge >= 0.3 is 0 Å². The van der Waals surface area contributed by atoms with E-state index in [1.807, 2.05) is 36.4 Å². The topological polar surface area (TPSA) is 23.5 Å². The second-order valence-corrected chi connectivity index (χ2v) is 6.17. The molecule has 0 saturated carbocycles. The summed E-state index contributed by atoms with van der Waals surface area (Å²) in [6.07, 6.45) is 4.70. The van der Waals surface area contributed by atoms with Crippen LogP contribution in [0.15, 0.2) is 85.0 Å². The normalized spacial score (nSPS) is 13.0. The third-order valence-corrected chi connectivity index (χ3v) is 4.12. The molecule has 24 heavy (non-hydrogen) atoms. The summed E-state index contributed by atoms with van der Waals surface area (Å²) in [6, 6.07) is 20.9. The highest BCUT2D eigenvalue weighted by molar-refractivity contribution is 5.18. The van der Waals surface area contributed by atoms with E-state index < -0.39 is 0 Å². The zero-order chi connectivity index (χ0) is 17.2. The third kappa shape index (κ3) is 5.80. The first-order valence-corrected chi connectivity index (χ1v) is 8.44. The first-order valence-electron chi connectivity index (χ1n) is 8.44. The number of benzene rings is 2. The number of nitrogens with zero attached hydrogens (tertiary/aromatic N) is 1. The van der Waals surface area contributed by atoms with Crippen LogP contribution in [-0.2, 0) is 13.0 Å². The molecular formula is C22H27NO. The molecule has 0 spiro atoms. The molecule has 2 nitrogen and oxygen atoms in total. The van der Waals surface area contributed by atoms with Crippen LogP contribution in [0.5, 0.6) is 0 Å². The van der Waals surface area contributed by atoms with Gasteiger partial charge in [0.05, 0.1) is 6.61 Å². The molecule has 2 aromatic rings. The maximum atomic E-state index is 10.00. The molecule has 0 saturated heterocycles. The lowest BCUT2D eigenvalue weighted by atomic mass is 10.0. The van der Waals surface area contributed by atoms with Crippen molar-refractivity contribution < 1.29 is 5.11 Å². The average molecular weight is 321 g/mol. The van der Waals surface area contributed by atoms with E-state index in [0.717, 1.165) is 19.5 Å². The summed E-state index contributed by atoms with van der Waals surface area (Å²) in [5, 5.41) is 10.00. The number of allylic oxidation sites excluding steroid dienone is 2. The number of aliphatic hydroxyl groups is 1. The Morgan fingerprint density at radius 1 is 1.04 bits per heavy atom. The quantitative estimate of drug-likeness (QED) is 0.699. The van der Waals surface area contributed by atoms with Crippen LogP contribution in [0.25, 0.3) is 0 Å². The molecule has 0 radical (unpaired) electrons. The number of hydrogen-bond acceptors (Lipinski definition) is 2. The lowest BCUT2D eigenvalue weighted by molar-refractivity contribution is 0.125. The molecule has 0 aliphatic heterocycles. The Bertz CT molecular complexity index is 634. The molecule has 2 rings (SSSR count). The minimum absolute atomic E-state index is 0.0840. The van der Waals surface area contributed by atoms with Gasteiger partial charge in [-0.25, -0.2) is 0 Å². The smallest absolute Gasteiger partial charge is 0.0590 e.